The molecule has 100 valence electrons. The molecular formula is C15H22ClNO. The molecule has 0 atom stereocenters. The highest BCUT2D eigenvalue weighted by atomic mass is 35.5. The maximum absolute atomic E-state index is 10.6. The first-order valence-corrected chi connectivity index (χ1v) is 7.07. The predicted molar refractivity (Wildman–Crippen MR) is 76.0 cm³/mol. The fourth-order valence-electron chi connectivity index (χ4n) is 2.62. The number of aliphatic hydroxyl groups is 1. The summed E-state index contributed by atoms with van der Waals surface area (Å²) < 4.78 is 0. The third kappa shape index (κ3) is 3.47. The van der Waals surface area contributed by atoms with Crippen molar-refractivity contribution in [3.05, 3.63) is 34.9 Å². The van der Waals surface area contributed by atoms with E-state index in [9.17, 15) is 5.11 Å². The van der Waals surface area contributed by atoms with Crippen LogP contribution in [0.5, 0.6) is 0 Å². The third-order valence-electron chi connectivity index (χ3n) is 3.91. The molecule has 0 bridgehead atoms. The summed E-state index contributed by atoms with van der Waals surface area (Å²) >= 11 is 5.87. The van der Waals surface area contributed by atoms with Crippen molar-refractivity contribution >= 4 is 11.6 Å². The molecule has 1 heterocycles. The van der Waals surface area contributed by atoms with Crippen LogP contribution in [0.1, 0.15) is 32.3 Å². The monoisotopic (exact) mass is 267 g/mol. The molecule has 1 aromatic rings. The zero-order valence-corrected chi connectivity index (χ0v) is 12.0. The summed E-state index contributed by atoms with van der Waals surface area (Å²) in [6.07, 6.45) is 2.44. The molecule has 3 heteroatoms. The van der Waals surface area contributed by atoms with Gasteiger partial charge in [-0.3, -0.25) is 0 Å². The lowest BCUT2D eigenvalue weighted by Crippen LogP contribution is -2.47. The SMILES string of the molecule is CC(C)N1CCC(O)(Cc2ccc(Cl)cc2)CC1. The summed E-state index contributed by atoms with van der Waals surface area (Å²) in [6.45, 7) is 6.40. The van der Waals surface area contributed by atoms with E-state index in [1.165, 1.54) is 5.56 Å². The van der Waals surface area contributed by atoms with Crippen LogP contribution in [0.15, 0.2) is 24.3 Å². The first-order chi connectivity index (χ1) is 8.48. The van der Waals surface area contributed by atoms with Crippen LogP contribution in [0.25, 0.3) is 0 Å². The minimum atomic E-state index is -0.542. The smallest absolute Gasteiger partial charge is 0.0712 e. The summed E-state index contributed by atoms with van der Waals surface area (Å²) in [5.74, 6) is 0. The quantitative estimate of drug-likeness (QED) is 0.910. The van der Waals surface area contributed by atoms with Gasteiger partial charge in [0.2, 0.25) is 0 Å². The number of hydrogen-bond donors (Lipinski definition) is 1. The first-order valence-electron chi connectivity index (χ1n) is 6.69. The first kappa shape index (κ1) is 13.9. The summed E-state index contributed by atoms with van der Waals surface area (Å²) in [7, 11) is 0. The summed E-state index contributed by atoms with van der Waals surface area (Å²) in [5.41, 5.74) is 0.624. The fourth-order valence-corrected chi connectivity index (χ4v) is 2.74. The van der Waals surface area contributed by atoms with Crippen LogP contribution in [0.2, 0.25) is 5.02 Å². The molecule has 0 aromatic heterocycles. The van der Waals surface area contributed by atoms with E-state index >= 15 is 0 Å². The molecule has 18 heavy (non-hydrogen) atoms. The average Bonchev–Trinajstić information content (AvgIpc) is 2.32. The number of halogens is 1. The van der Waals surface area contributed by atoms with Gasteiger partial charge < -0.3 is 10.0 Å². The minimum absolute atomic E-state index is 0.542. The number of likely N-dealkylation sites (tertiary alicyclic amines) is 1. The van der Waals surface area contributed by atoms with Crippen LogP contribution in [0, 0.1) is 0 Å². The van der Waals surface area contributed by atoms with Gasteiger partial charge in [-0.15, -0.1) is 0 Å². The standard InChI is InChI=1S/C15H22ClNO/c1-12(2)17-9-7-15(18,8-10-17)11-13-3-5-14(16)6-4-13/h3-6,12,18H,7-11H2,1-2H3. The van der Waals surface area contributed by atoms with Crippen LogP contribution in [0.3, 0.4) is 0 Å². The topological polar surface area (TPSA) is 23.5 Å². The Kier molecular flexibility index (Phi) is 4.31. The van der Waals surface area contributed by atoms with Crippen LogP contribution in [0.4, 0.5) is 0 Å². The van der Waals surface area contributed by atoms with Crippen molar-refractivity contribution in [1.82, 2.24) is 4.90 Å². The van der Waals surface area contributed by atoms with Gasteiger partial charge in [-0.25, -0.2) is 0 Å². The number of hydrogen-bond acceptors (Lipinski definition) is 2. The molecule has 2 nitrogen and oxygen atoms in total. The highest BCUT2D eigenvalue weighted by molar-refractivity contribution is 6.30. The number of nitrogens with zero attached hydrogens (tertiary/aromatic N) is 1. The summed E-state index contributed by atoms with van der Waals surface area (Å²) in [4.78, 5) is 2.43. The molecular weight excluding hydrogens is 246 g/mol. The second-order valence-electron chi connectivity index (χ2n) is 5.66. The Morgan fingerprint density at radius 2 is 1.78 bits per heavy atom. The molecule has 0 radical (unpaired) electrons. The van der Waals surface area contributed by atoms with Gasteiger partial charge in [0.25, 0.3) is 0 Å². The lowest BCUT2D eigenvalue weighted by atomic mass is 9.85. The van der Waals surface area contributed by atoms with E-state index in [0.29, 0.717) is 6.04 Å². The second-order valence-corrected chi connectivity index (χ2v) is 6.09. The molecule has 1 fully saturated rings. The molecule has 1 aliphatic heterocycles. The highest BCUT2D eigenvalue weighted by Crippen LogP contribution is 2.27. The zero-order chi connectivity index (χ0) is 13.2. The Balaban J connectivity index is 1.95. The zero-order valence-electron chi connectivity index (χ0n) is 11.2. The van der Waals surface area contributed by atoms with Crippen molar-refractivity contribution in [3.63, 3.8) is 0 Å². The van der Waals surface area contributed by atoms with Gasteiger partial charge in [-0.2, -0.15) is 0 Å². The van der Waals surface area contributed by atoms with Crippen LogP contribution in [-0.2, 0) is 6.42 Å². The summed E-state index contributed by atoms with van der Waals surface area (Å²) in [6, 6.07) is 8.38. The lowest BCUT2D eigenvalue weighted by molar-refractivity contribution is -0.0271. The van der Waals surface area contributed by atoms with Crippen molar-refractivity contribution in [2.24, 2.45) is 0 Å². The van der Waals surface area contributed by atoms with Gasteiger partial charge in [0, 0.05) is 30.6 Å². The Bertz CT molecular complexity index is 380. The fraction of sp³-hybridized carbons (Fsp3) is 0.600. The minimum Gasteiger partial charge on any atom is -0.389 e. The van der Waals surface area contributed by atoms with Gasteiger partial charge in [0.1, 0.15) is 0 Å². The molecule has 0 unspecified atom stereocenters. The molecule has 1 N–H and O–H groups in total. The van der Waals surface area contributed by atoms with Gasteiger partial charge in [-0.1, -0.05) is 23.7 Å². The molecule has 0 spiro atoms. The van der Waals surface area contributed by atoms with Crippen molar-refractivity contribution in [3.8, 4) is 0 Å². The van der Waals surface area contributed by atoms with E-state index in [-0.39, 0.29) is 0 Å². The summed E-state index contributed by atoms with van der Waals surface area (Å²) in [5, 5.41) is 11.4. The Morgan fingerprint density at radius 1 is 1.22 bits per heavy atom. The van der Waals surface area contributed by atoms with Crippen molar-refractivity contribution in [1.29, 1.82) is 0 Å². The molecule has 2 rings (SSSR count). The van der Waals surface area contributed by atoms with E-state index < -0.39 is 5.60 Å². The Hall–Kier alpha value is -0.570. The predicted octanol–water partition coefficient (Wildman–Crippen LogP) is 3.12. The van der Waals surface area contributed by atoms with Gasteiger partial charge in [0.05, 0.1) is 5.60 Å². The number of benzene rings is 1. The number of rotatable bonds is 3. The molecule has 1 saturated heterocycles. The Labute approximate surface area is 115 Å². The average molecular weight is 268 g/mol. The van der Waals surface area contributed by atoms with E-state index in [4.69, 9.17) is 11.6 Å². The highest BCUT2D eigenvalue weighted by Gasteiger charge is 2.32. The molecule has 1 aliphatic rings. The van der Waals surface area contributed by atoms with Crippen LogP contribution >= 0.6 is 11.6 Å². The normalized spacial score (nSPS) is 20.3. The van der Waals surface area contributed by atoms with Crippen molar-refractivity contribution in [2.45, 2.75) is 44.8 Å². The van der Waals surface area contributed by atoms with Gasteiger partial charge >= 0.3 is 0 Å². The maximum atomic E-state index is 10.6. The van der Waals surface area contributed by atoms with Gasteiger partial charge in [0.15, 0.2) is 0 Å². The van der Waals surface area contributed by atoms with E-state index in [2.05, 4.69) is 18.7 Å². The van der Waals surface area contributed by atoms with E-state index in [1.54, 1.807) is 0 Å². The number of piperidine rings is 1. The van der Waals surface area contributed by atoms with E-state index in [1.807, 2.05) is 24.3 Å². The largest absolute Gasteiger partial charge is 0.389 e. The van der Waals surface area contributed by atoms with Crippen LogP contribution < -0.4 is 0 Å². The molecule has 0 saturated carbocycles. The Morgan fingerprint density at radius 3 is 2.28 bits per heavy atom. The van der Waals surface area contributed by atoms with Crippen molar-refractivity contribution < 1.29 is 5.11 Å². The van der Waals surface area contributed by atoms with Crippen LogP contribution in [-0.4, -0.2) is 34.7 Å². The third-order valence-corrected chi connectivity index (χ3v) is 4.16. The van der Waals surface area contributed by atoms with Gasteiger partial charge in [-0.05, 0) is 44.4 Å². The molecule has 1 aromatic carbocycles. The lowest BCUT2D eigenvalue weighted by Gasteiger charge is -2.40. The maximum Gasteiger partial charge on any atom is 0.0712 e. The van der Waals surface area contributed by atoms with E-state index in [0.717, 1.165) is 37.4 Å². The molecule has 0 aliphatic carbocycles. The van der Waals surface area contributed by atoms with Crippen molar-refractivity contribution in [2.75, 3.05) is 13.1 Å². The second kappa shape index (κ2) is 5.60. The molecule has 0 amide bonds.